The SMILES string of the molecule is CC(Cc1ccccc1)n1cncc1C1CCNCC1. The van der Waals surface area contributed by atoms with Gasteiger partial charge in [-0.15, -0.1) is 0 Å². The molecule has 0 bridgehead atoms. The zero-order valence-corrected chi connectivity index (χ0v) is 12.1. The van der Waals surface area contributed by atoms with E-state index >= 15 is 0 Å². The van der Waals surface area contributed by atoms with Gasteiger partial charge >= 0.3 is 0 Å². The van der Waals surface area contributed by atoms with E-state index in [1.807, 2.05) is 6.33 Å². The van der Waals surface area contributed by atoms with Gasteiger partial charge in [0.25, 0.3) is 0 Å². The van der Waals surface area contributed by atoms with Crippen molar-refractivity contribution < 1.29 is 0 Å². The molecule has 1 atom stereocenters. The van der Waals surface area contributed by atoms with Crippen LogP contribution in [0.25, 0.3) is 0 Å². The lowest BCUT2D eigenvalue weighted by atomic mass is 9.94. The summed E-state index contributed by atoms with van der Waals surface area (Å²) >= 11 is 0. The Morgan fingerprint density at radius 1 is 1.25 bits per heavy atom. The topological polar surface area (TPSA) is 29.9 Å². The van der Waals surface area contributed by atoms with Crippen LogP contribution in [0.4, 0.5) is 0 Å². The Morgan fingerprint density at radius 2 is 2.00 bits per heavy atom. The molecule has 1 saturated heterocycles. The second-order valence-corrected chi connectivity index (χ2v) is 5.79. The van der Waals surface area contributed by atoms with Crippen molar-refractivity contribution in [2.45, 2.75) is 38.1 Å². The van der Waals surface area contributed by atoms with Crippen molar-refractivity contribution in [1.29, 1.82) is 0 Å². The summed E-state index contributed by atoms with van der Waals surface area (Å²) in [5, 5.41) is 3.44. The third-order valence-corrected chi connectivity index (χ3v) is 4.30. The van der Waals surface area contributed by atoms with Crippen LogP contribution in [0.3, 0.4) is 0 Å². The summed E-state index contributed by atoms with van der Waals surface area (Å²) in [5.41, 5.74) is 2.81. The van der Waals surface area contributed by atoms with Crippen molar-refractivity contribution >= 4 is 0 Å². The van der Waals surface area contributed by atoms with Crippen LogP contribution < -0.4 is 5.32 Å². The van der Waals surface area contributed by atoms with Gasteiger partial charge in [-0.3, -0.25) is 0 Å². The molecular weight excluding hydrogens is 246 g/mol. The van der Waals surface area contributed by atoms with E-state index in [0.717, 1.165) is 19.5 Å². The van der Waals surface area contributed by atoms with Crippen molar-refractivity contribution in [3.05, 3.63) is 54.1 Å². The minimum Gasteiger partial charge on any atom is -0.331 e. The van der Waals surface area contributed by atoms with E-state index in [1.165, 1.54) is 24.1 Å². The Bertz CT molecular complexity index is 526. The number of hydrogen-bond acceptors (Lipinski definition) is 2. The fraction of sp³-hybridized carbons (Fsp3) is 0.471. The van der Waals surface area contributed by atoms with E-state index in [-0.39, 0.29) is 0 Å². The van der Waals surface area contributed by atoms with E-state index in [2.05, 4.69) is 58.3 Å². The predicted octanol–water partition coefficient (Wildman–Crippen LogP) is 3.15. The van der Waals surface area contributed by atoms with Crippen LogP contribution in [0.15, 0.2) is 42.9 Å². The average Bonchev–Trinajstić information content (AvgIpc) is 2.99. The molecule has 1 aliphatic rings. The first-order chi connectivity index (χ1) is 9.84. The molecule has 106 valence electrons. The normalized spacial score (nSPS) is 18.1. The van der Waals surface area contributed by atoms with Crippen LogP contribution in [0.1, 0.15) is 43.0 Å². The Labute approximate surface area is 121 Å². The molecule has 1 N–H and O–H groups in total. The van der Waals surface area contributed by atoms with Gasteiger partial charge in [0.1, 0.15) is 0 Å². The van der Waals surface area contributed by atoms with E-state index < -0.39 is 0 Å². The van der Waals surface area contributed by atoms with Crippen molar-refractivity contribution in [3.63, 3.8) is 0 Å². The lowest BCUT2D eigenvalue weighted by Crippen LogP contribution is -2.28. The standard InChI is InChI=1S/C17H23N3/c1-14(11-15-5-3-2-4-6-15)20-13-19-12-17(20)16-7-9-18-10-8-16/h2-6,12-14,16,18H,7-11H2,1H3. The zero-order chi connectivity index (χ0) is 13.8. The van der Waals surface area contributed by atoms with Gasteiger partial charge in [-0.2, -0.15) is 0 Å². The molecule has 0 spiro atoms. The highest BCUT2D eigenvalue weighted by atomic mass is 15.1. The van der Waals surface area contributed by atoms with Gasteiger partial charge in [0.2, 0.25) is 0 Å². The Hall–Kier alpha value is -1.61. The van der Waals surface area contributed by atoms with Crippen LogP contribution in [0.5, 0.6) is 0 Å². The Balaban J connectivity index is 1.75. The maximum absolute atomic E-state index is 4.40. The molecule has 1 aliphatic heterocycles. The minimum atomic E-state index is 0.463. The van der Waals surface area contributed by atoms with Crippen molar-refractivity contribution in [2.75, 3.05) is 13.1 Å². The minimum absolute atomic E-state index is 0.463. The first-order valence-corrected chi connectivity index (χ1v) is 7.61. The summed E-state index contributed by atoms with van der Waals surface area (Å²) in [6, 6.07) is 11.2. The fourth-order valence-electron chi connectivity index (χ4n) is 3.17. The van der Waals surface area contributed by atoms with Crippen LogP contribution in [0.2, 0.25) is 0 Å². The number of nitrogens with one attached hydrogen (secondary N) is 1. The smallest absolute Gasteiger partial charge is 0.0950 e. The maximum Gasteiger partial charge on any atom is 0.0950 e. The monoisotopic (exact) mass is 269 g/mol. The van der Waals surface area contributed by atoms with E-state index in [4.69, 9.17) is 0 Å². The molecule has 20 heavy (non-hydrogen) atoms. The van der Waals surface area contributed by atoms with Gasteiger partial charge in [-0.1, -0.05) is 30.3 Å². The highest BCUT2D eigenvalue weighted by molar-refractivity contribution is 5.17. The molecule has 1 fully saturated rings. The number of benzene rings is 1. The number of imidazole rings is 1. The lowest BCUT2D eigenvalue weighted by Gasteiger charge is -2.26. The molecule has 1 aromatic heterocycles. The zero-order valence-electron chi connectivity index (χ0n) is 12.1. The molecule has 2 heterocycles. The molecule has 1 aromatic carbocycles. The average molecular weight is 269 g/mol. The number of hydrogen-bond donors (Lipinski definition) is 1. The fourth-order valence-corrected chi connectivity index (χ4v) is 3.17. The van der Waals surface area contributed by atoms with Gasteiger partial charge in [-0.05, 0) is 44.8 Å². The van der Waals surface area contributed by atoms with Gasteiger partial charge in [-0.25, -0.2) is 4.98 Å². The second kappa shape index (κ2) is 6.23. The van der Waals surface area contributed by atoms with Crippen LogP contribution in [-0.2, 0) is 6.42 Å². The second-order valence-electron chi connectivity index (χ2n) is 5.79. The van der Waals surface area contributed by atoms with Crippen LogP contribution in [-0.4, -0.2) is 22.6 Å². The number of rotatable bonds is 4. The highest BCUT2D eigenvalue weighted by Crippen LogP contribution is 2.27. The maximum atomic E-state index is 4.40. The first kappa shape index (κ1) is 13.4. The molecule has 2 aromatic rings. The third-order valence-electron chi connectivity index (χ3n) is 4.30. The molecule has 0 amide bonds. The molecule has 1 unspecified atom stereocenters. The third kappa shape index (κ3) is 2.93. The number of aromatic nitrogens is 2. The summed E-state index contributed by atoms with van der Waals surface area (Å²) in [6.07, 6.45) is 7.59. The summed E-state index contributed by atoms with van der Waals surface area (Å²) in [7, 11) is 0. The number of nitrogens with zero attached hydrogens (tertiary/aromatic N) is 2. The summed E-state index contributed by atoms with van der Waals surface area (Å²) in [6.45, 7) is 4.55. The lowest BCUT2D eigenvalue weighted by molar-refractivity contribution is 0.421. The Kier molecular flexibility index (Phi) is 4.16. The highest BCUT2D eigenvalue weighted by Gasteiger charge is 2.20. The van der Waals surface area contributed by atoms with Gasteiger partial charge in [0.05, 0.1) is 6.33 Å². The van der Waals surface area contributed by atoms with Crippen LogP contribution >= 0.6 is 0 Å². The van der Waals surface area contributed by atoms with Crippen molar-refractivity contribution in [2.24, 2.45) is 0 Å². The summed E-state index contributed by atoms with van der Waals surface area (Å²) in [5.74, 6) is 0.664. The summed E-state index contributed by atoms with van der Waals surface area (Å²) < 4.78 is 2.38. The summed E-state index contributed by atoms with van der Waals surface area (Å²) in [4.78, 5) is 4.40. The molecule has 0 aliphatic carbocycles. The van der Waals surface area contributed by atoms with Gasteiger partial charge in [0.15, 0.2) is 0 Å². The molecular formula is C17H23N3. The van der Waals surface area contributed by atoms with Gasteiger partial charge in [0, 0.05) is 23.9 Å². The molecule has 0 saturated carbocycles. The predicted molar refractivity (Wildman–Crippen MR) is 81.9 cm³/mol. The number of piperidine rings is 1. The first-order valence-electron chi connectivity index (χ1n) is 7.61. The van der Waals surface area contributed by atoms with Crippen molar-refractivity contribution in [1.82, 2.24) is 14.9 Å². The van der Waals surface area contributed by atoms with E-state index in [9.17, 15) is 0 Å². The van der Waals surface area contributed by atoms with E-state index in [1.54, 1.807) is 0 Å². The Morgan fingerprint density at radius 3 is 2.75 bits per heavy atom. The molecule has 3 heteroatoms. The van der Waals surface area contributed by atoms with Gasteiger partial charge < -0.3 is 9.88 Å². The quantitative estimate of drug-likeness (QED) is 0.924. The largest absolute Gasteiger partial charge is 0.331 e. The van der Waals surface area contributed by atoms with Crippen LogP contribution in [0, 0.1) is 0 Å². The molecule has 3 nitrogen and oxygen atoms in total. The van der Waals surface area contributed by atoms with E-state index in [0.29, 0.717) is 12.0 Å². The molecule has 3 rings (SSSR count). The van der Waals surface area contributed by atoms with Crippen molar-refractivity contribution in [3.8, 4) is 0 Å². The molecule has 0 radical (unpaired) electrons.